The van der Waals surface area contributed by atoms with Gasteiger partial charge in [0.15, 0.2) is 0 Å². The maximum Gasteiger partial charge on any atom is 0.326 e. The second kappa shape index (κ2) is 10.9. The molecule has 0 saturated carbocycles. The van der Waals surface area contributed by atoms with E-state index < -0.39 is 0 Å². The molecule has 3 aromatic rings. The number of nitriles is 1. The first kappa shape index (κ1) is 24.2. The molecular formula is C27H29ClN4O. The number of hydrogen-bond donors (Lipinski definition) is 2. The number of halogens is 1. The zero-order valence-electron chi connectivity index (χ0n) is 19.3. The molecule has 0 bridgehead atoms. The second-order valence-electron chi connectivity index (χ2n) is 7.83. The van der Waals surface area contributed by atoms with Crippen LogP contribution >= 0.6 is 11.6 Å². The first-order chi connectivity index (χ1) is 15.9. The van der Waals surface area contributed by atoms with E-state index in [2.05, 4.69) is 18.3 Å². The van der Waals surface area contributed by atoms with Crippen molar-refractivity contribution >= 4 is 34.7 Å². The van der Waals surface area contributed by atoms with Crippen LogP contribution in [0.3, 0.4) is 0 Å². The van der Waals surface area contributed by atoms with Crippen molar-refractivity contribution in [3.8, 4) is 6.07 Å². The van der Waals surface area contributed by atoms with Gasteiger partial charge in [-0.05, 0) is 71.8 Å². The average Bonchev–Trinajstić information content (AvgIpc) is 2.83. The summed E-state index contributed by atoms with van der Waals surface area (Å²) in [6, 6.07) is 18.8. The van der Waals surface area contributed by atoms with Crippen LogP contribution in [0.5, 0.6) is 0 Å². The molecule has 0 unspecified atom stereocenters. The van der Waals surface area contributed by atoms with Crippen molar-refractivity contribution < 1.29 is 4.79 Å². The Labute approximate surface area is 200 Å². The number of urea groups is 1. The van der Waals surface area contributed by atoms with Gasteiger partial charge in [0.2, 0.25) is 0 Å². The van der Waals surface area contributed by atoms with E-state index in [1.807, 2.05) is 50.2 Å². The largest absolute Gasteiger partial charge is 0.398 e. The van der Waals surface area contributed by atoms with Gasteiger partial charge in [-0.25, -0.2) is 4.79 Å². The minimum atomic E-state index is -0.269. The van der Waals surface area contributed by atoms with Gasteiger partial charge in [-0.3, -0.25) is 4.90 Å². The molecule has 3 N–H and O–H groups in total. The van der Waals surface area contributed by atoms with Gasteiger partial charge in [0.1, 0.15) is 0 Å². The summed E-state index contributed by atoms with van der Waals surface area (Å²) in [7, 11) is 0. The van der Waals surface area contributed by atoms with Crippen molar-refractivity contribution in [2.45, 2.75) is 46.6 Å². The third-order valence-electron chi connectivity index (χ3n) is 5.79. The Hall–Kier alpha value is -3.49. The van der Waals surface area contributed by atoms with Crippen molar-refractivity contribution in [2.24, 2.45) is 0 Å². The molecule has 0 aliphatic heterocycles. The molecule has 0 heterocycles. The lowest BCUT2D eigenvalue weighted by Crippen LogP contribution is -2.35. The van der Waals surface area contributed by atoms with Crippen LogP contribution < -0.4 is 16.0 Å². The maximum atomic E-state index is 13.6. The first-order valence-corrected chi connectivity index (χ1v) is 11.6. The SMILES string of the molecule is CCc1ccc(N(Cc2ccc(C#N)cc2)C(=O)Nc2c(CC)c(N)cc(Cl)c2CC)cc1. The number of aryl methyl sites for hydroxylation is 1. The fourth-order valence-corrected chi connectivity index (χ4v) is 4.21. The summed E-state index contributed by atoms with van der Waals surface area (Å²) in [5.41, 5.74) is 12.7. The quantitative estimate of drug-likeness (QED) is 0.384. The molecule has 0 aromatic heterocycles. The monoisotopic (exact) mass is 460 g/mol. The molecule has 5 nitrogen and oxygen atoms in total. The standard InChI is InChI=1S/C27H29ClN4O/c1-4-18-11-13-21(14-12-18)32(17-20-9-7-19(16-29)8-10-20)27(33)31-26-22(5-2)24(28)15-25(30)23(26)6-3/h7-15H,4-6,17,30H2,1-3H3,(H,31,33). The topological polar surface area (TPSA) is 82.2 Å². The summed E-state index contributed by atoms with van der Waals surface area (Å²) in [5.74, 6) is 0. The average molecular weight is 461 g/mol. The van der Waals surface area contributed by atoms with Gasteiger partial charge in [0, 0.05) is 16.4 Å². The third kappa shape index (κ3) is 5.47. The van der Waals surface area contributed by atoms with E-state index in [1.165, 1.54) is 5.56 Å². The molecule has 2 amide bonds. The van der Waals surface area contributed by atoms with Crippen LogP contribution in [0.15, 0.2) is 54.6 Å². The zero-order valence-corrected chi connectivity index (χ0v) is 20.0. The highest BCUT2D eigenvalue weighted by molar-refractivity contribution is 6.32. The van der Waals surface area contributed by atoms with Gasteiger partial charge in [-0.2, -0.15) is 5.26 Å². The van der Waals surface area contributed by atoms with Crippen LogP contribution in [0.1, 0.15) is 48.6 Å². The molecule has 0 saturated heterocycles. The fraction of sp³-hybridized carbons (Fsp3) is 0.259. The maximum absolute atomic E-state index is 13.6. The highest BCUT2D eigenvalue weighted by atomic mass is 35.5. The third-order valence-corrected chi connectivity index (χ3v) is 6.12. The lowest BCUT2D eigenvalue weighted by atomic mass is 10.0. The Morgan fingerprint density at radius 1 is 0.970 bits per heavy atom. The fourth-order valence-electron chi connectivity index (χ4n) is 3.87. The molecule has 0 aliphatic carbocycles. The summed E-state index contributed by atoms with van der Waals surface area (Å²) in [6.45, 7) is 6.46. The molecule has 33 heavy (non-hydrogen) atoms. The number of rotatable bonds is 7. The van der Waals surface area contributed by atoms with Crippen molar-refractivity contribution in [3.05, 3.63) is 87.4 Å². The summed E-state index contributed by atoms with van der Waals surface area (Å²) < 4.78 is 0. The van der Waals surface area contributed by atoms with Crippen molar-refractivity contribution in [1.82, 2.24) is 0 Å². The molecule has 170 valence electrons. The number of benzene rings is 3. The van der Waals surface area contributed by atoms with E-state index in [0.29, 0.717) is 41.3 Å². The number of nitrogen functional groups attached to an aromatic ring is 1. The van der Waals surface area contributed by atoms with E-state index >= 15 is 0 Å². The molecule has 0 radical (unpaired) electrons. The molecule has 3 rings (SSSR count). The van der Waals surface area contributed by atoms with Gasteiger partial charge in [0.25, 0.3) is 0 Å². The molecular weight excluding hydrogens is 432 g/mol. The Bertz CT molecular complexity index is 1140. The number of carbonyl (C=O) groups is 1. The highest BCUT2D eigenvalue weighted by Crippen LogP contribution is 2.34. The molecule has 0 atom stereocenters. The van der Waals surface area contributed by atoms with Gasteiger partial charge in [-0.15, -0.1) is 0 Å². The summed E-state index contributed by atoms with van der Waals surface area (Å²) in [6.07, 6.45) is 2.26. The summed E-state index contributed by atoms with van der Waals surface area (Å²) >= 11 is 6.46. The minimum Gasteiger partial charge on any atom is -0.398 e. The Morgan fingerprint density at radius 3 is 2.12 bits per heavy atom. The van der Waals surface area contributed by atoms with Gasteiger partial charge in [0.05, 0.1) is 23.9 Å². The van der Waals surface area contributed by atoms with Crippen LogP contribution in [0.2, 0.25) is 5.02 Å². The van der Waals surface area contributed by atoms with E-state index in [-0.39, 0.29) is 6.03 Å². The minimum absolute atomic E-state index is 0.269. The highest BCUT2D eigenvalue weighted by Gasteiger charge is 2.21. The van der Waals surface area contributed by atoms with E-state index in [9.17, 15) is 4.79 Å². The number of hydrogen-bond acceptors (Lipinski definition) is 3. The number of nitrogens with zero attached hydrogens (tertiary/aromatic N) is 2. The van der Waals surface area contributed by atoms with Gasteiger partial charge in [-0.1, -0.05) is 56.6 Å². The van der Waals surface area contributed by atoms with Crippen molar-refractivity contribution in [1.29, 1.82) is 5.26 Å². The number of carbonyl (C=O) groups excluding carboxylic acids is 1. The predicted molar refractivity (Wildman–Crippen MR) is 137 cm³/mol. The number of nitrogens with one attached hydrogen (secondary N) is 1. The smallest absolute Gasteiger partial charge is 0.326 e. The Balaban J connectivity index is 2.01. The zero-order chi connectivity index (χ0) is 24.0. The summed E-state index contributed by atoms with van der Waals surface area (Å²) in [4.78, 5) is 15.3. The van der Waals surface area contributed by atoms with E-state index in [1.54, 1.807) is 23.1 Å². The van der Waals surface area contributed by atoms with E-state index in [4.69, 9.17) is 22.6 Å². The lowest BCUT2D eigenvalue weighted by Gasteiger charge is -2.26. The van der Waals surface area contributed by atoms with Crippen LogP contribution in [-0.2, 0) is 25.8 Å². The van der Waals surface area contributed by atoms with Crippen LogP contribution in [0.4, 0.5) is 21.9 Å². The van der Waals surface area contributed by atoms with Crippen molar-refractivity contribution in [3.63, 3.8) is 0 Å². The van der Waals surface area contributed by atoms with Gasteiger partial charge < -0.3 is 11.1 Å². The second-order valence-corrected chi connectivity index (χ2v) is 8.24. The molecule has 6 heteroatoms. The molecule has 0 fully saturated rings. The van der Waals surface area contributed by atoms with Gasteiger partial charge >= 0.3 is 6.03 Å². The van der Waals surface area contributed by atoms with Crippen LogP contribution in [0.25, 0.3) is 0 Å². The number of nitrogens with two attached hydrogens (primary N) is 1. The van der Waals surface area contributed by atoms with Crippen LogP contribution in [0, 0.1) is 11.3 Å². The molecule has 0 aliphatic rings. The number of amides is 2. The van der Waals surface area contributed by atoms with Crippen LogP contribution in [-0.4, -0.2) is 6.03 Å². The normalized spacial score (nSPS) is 10.5. The number of anilines is 3. The Kier molecular flexibility index (Phi) is 7.97. The first-order valence-electron chi connectivity index (χ1n) is 11.2. The molecule has 0 spiro atoms. The summed E-state index contributed by atoms with van der Waals surface area (Å²) in [5, 5.41) is 12.7. The molecule has 3 aromatic carbocycles. The lowest BCUT2D eigenvalue weighted by molar-refractivity contribution is 0.256. The predicted octanol–water partition coefficient (Wildman–Crippen LogP) is 6.72. The van der Waals surface area contributed by atoms with Crippen molar-refractivity contribution in [2.75, 3.05) is 16.0 Å². The van der Waals surface area contributed by atoms with E-state index in [0.717, 1.165) is 28.8 Å². The Morgan fingerprint density at radius 2 is 1.58 bits per heavy atom.